The van der Waals surface area contributed by atoms with Crippen molar-refractivity contribution in [3.05, 3.63) is 139 Å². The molecule has 6 aromatic rings. The number of H-pyrrole nitrogens is 3. The predicted molar refractivity (Wildman–Crippen MR) is 387 cm³/mol. The Morgan fingerprint density at radius 2 is 0.886 bits per heavy atom. The Hall–Kier alpha value is -7.67. The number of phosphoric ester groups is 1. The number of phenolic OH excluding ortho intramolecular Hbond substituents is 1. The second-order valence-corrected chi connectivity index (χ2v) is 30.8. The van der Waals surface area contributed by atoms with E-state index in [1.54, 1.807) is 9.80 Å². The van der Waals surface area contributed by atoms with Crippen LogP contribution < -0.4 is 9.05 Å². The van der Waals surface area contributed by atoms with Gasteiger partial charge in [0.2, 0.25) is 0 Å². The Balaban J connectivity index is 0.000000303. The molecular formula is C68H89Cl3F3N14O14P3. The van der Waals surface area contributed by atoms with Crippen molar-refractivity contribution in [1.29, 1.82) is 21.0 Å². The lowest BCUT2D eigenvalue weighted by atomic mass is 9.85. The number of phenols is 1. The Bertz CT molecular complexity index is 3970. The third-order valence-corrected chi connectivity index (χ3v) is 20.6. The molecule has 0 radical (unpaired) electrons. The SMILES string of the molecule is C.CC(C)N(C(C)C)P(OCCC#N)OCCC#N.CP(=O)(O)Oc1ccc(CN(CC2CCC2)C(=O)c2cc(Cl)[nH]n2)c(F)c1.N#CCCOP(=O)(OCCC#N)Oc1ccc(CN(CC2CCC2)C(=O)c2cc(Cl)[nH]n2)c(F)c1.O.O=C(c1cc(Cl)[nH]n1)N(Cc1ccc(O)cc1F)CC1CCC1. The van der Waals surface area contributed by atoms with E-state index < -0.39 is 41.4 Å². The number of halogens is 6. The number of nitriles is 4. The number of nitrogens with one attached hydrogen (secondary N) is 3. The van der Waals surface area contributed by atoms with Crippen molar-refractivity contribution in [3.63, 3.8) is 0 Å². The number of nitrogens with zero attached hydrogens (tertiary/aromatic N) is 11. The molecule has 0 saturated heterocycles. The highest BCUT2D eigenvalue weighted by Crippen LogP contribution is 2.50. The number of amides is 3. The maximum atomic E-state index is 15.0. The Kier molecular flexibility index (Phi) is 38.5. The number of aromatic hydroxyl groups is 1. The molecule has 3 fully saturated rings. The van der Waals surface area contributed by atoms with Crippen LogP contribution in [0.2, 0.25) is 15.5 Å². The molecule has 3 aromatic heterocycles. The van der Waals surface area contributed by atoms with Gasteiger partial charge in [0.1, 0.15) is 50.2 Å². The zero-order valence-corrected chi connectivity index (χ0v) is 62.9. The molecule has 28 nitrogen and oxygen atoms in total. The average molecular weight is 1580 g/mol. The van der Waals surface area contributed by atoms with E-state index in [4.69, 9.17) is 83.0 Å². The van der Waals surface area contributed by atoms with E-state index in [9.17, 15) is 46.7 Å². The molecule has 3 saturated carbocycles. The van der Waals surface area contributed by atoms with Gasteiger partial charge in [-0.1, -0.05) is 79.7 Å². The van der Waals surface area contributed by atoms with Crippen molar-refractivity contribution in [3.8, 4) is 41.5 Å². The topological polar surface area (TPSA) is 407 Å². The zero-order valence-electron chi connectivity index (χ0n) is 58.0. The Morgan fingerprint density at radius 3 is 1.16 bits per heavy atom. The summed E-state index contributed by atoms with van der Waals surface area (Å²) in [6.07, 6.45) is 10.2. The van der Waals surface area contributed by atoms with E-state index in [-0.39, 0.29) is 137 Å². The molecule has 0 spiro atoms. The average Bonchev–Trinajstić information content (AvgIpc) is 1.80. The van der Waals surface area contributed by atoms with Gasteiger partial charge in [-0.2, -0.15) is 36.3 Å². The molecule has 3 amide bonds. The normalized spacial score (nSPS) is 13.8. The van der Waals surface area contributed by atoms with E-state index >= 15 is 0 Å². The van der Waals surface area contributed by atoms with Crippen LogP contribution in [0.5, 0.6) is 17.2 Å². The molecule has 3 aliphatic carbocycles. The highest BCUT2D eigenvalue weighted by atomic mass is 35.5. The summed E-state index contributed by atoms with van der Waals surface area (Å²) in [5.41, 5.74) is 1.38. The second kappa shape index (κ2) is 45.1. The van der Waals surface area contributed by atoms with Crippen LogP contribution in [-0.4, -0.2) is 148 Å². The summed E-state index contributed by atoms with van der Waals surface area (Å²) in [6, 6.07) is 24.3. The van der Waals surface area contributed by atoms with E-state index in [0.29, 0.717) is 81.1 Å². The summed E-state index contributed by atoms with van der Waals surface area (Å²) < 4.78 is 101. The lowest BCUT2D eigenvalue weighted by Gasteiger charge is -2.35. The van der Waals surface area contributed by atoms with Crippen LogP contribution in [0.1, 0.15) is 167 Å². The molecule has 572 valence electrons. The minimum Gasteiger partial charge on any atom is -0.508 e. The molecule has 1 atom stereocenters. The first-order valence-electron chi connectivity index (χ1n) is 33.1. The number of hydrogen-bond donors (Lipinski definition) is 5. The highest BCUT2D eigenvalue weighted by molar-refractivity contribution is 7.52. The van der Waals surface area contributed by atoms with Crippen LogP contribution in [0.25, 0.3) is 0 Å². The molecular weight excluding hydrogens is 1490 g/mol. The maximum absolute atomic E-state index is 15.0. The molecule has 37 heteroatoms. The smallest absolute Gasteiger partial charge is 0.508 e. The highest BCUT2D eigenvalue weighted by Gasteiger charge is 2.33. The lowest BCUT2D eigenvalue weighted by Crippen LogP contribution is -2.37. The van der Waals surface area contributed by atoms with E-state index in [1.807, 2.05) is 24.3 Å². The molecule has 7 N–H and O–H groups in total. The fourth-order valence-electron chi connectivity index (χ4n) is 10.3. The van der Waals surface area contributed by atoms with Gasteiger partial charge < -0.3 is 48.3 Å². The van der Waals surface area contributed by atoms with Crippen LogP contribution in [-0.2, 0) is 46.9 Å². The molecule has 3 aliphatic rings. The molecule has 0 bridgehead atoms. The number of carbonyl (C=O) groups excluding carboxylic acids is 3. The van der Waals surface area contributed by atoms with Gasteiger partial charge in [0.25, 0.3) is 26.2 Å². The van der Waals surface area contributed by atoms with Gasteiger partial charge in [0, 0.05) is 111 Å². The van der Waals surface area contributed by atoms with Crippen molar-refractivity contribution >= 4 is 76.5 Å². The quantitative estimate of drug-likeness (QED) is 0.0185. The van der Waals surface area contributed by atoms with Crippen molar-refractivity contribution < 1.29 is 79.3 Å². The largest absolute Gasteiger partial charge is 0.530 e. The van der Waals surface area contributed by atoms with Crippen molar-refractivity contribution in [2.24, 2.45) is 17.8 Å². The first-order chi connectivity index (χ1) is 49.1. The number of hydrogen-bond acceptors (Lipinski definition) is 20. The van der Waals surface area contributed by atoms with E-state index in [0.717, 1.165) is 82.7 Å². The van der Waals surface area contributed by atoms with E-state index in [1.165, 1.54) is 59.5 Å². The lowest BCUT2D eigenvalue weighted by molar-refractivity contribution is 0.0665. The van der Waals surface area contributed by atoms with Crippen molar-refractivity contribution in [1.82, 2.24) is 50.0 Å². The standard InChI is InChI=1S/C22H24ClFN5O5P.C17H20ClFN3O4P.C16H17ClFN3O2.C12H22N3O2P.CH4.H2O/c23-21-13-20(27-28-21)22(30)29(14-16-4-1-5-16)15-17-6-7-18(12-19(17)24)34-35(31,32-10-2-8-25)33-11-3-9-26;1-27(24,25)26-13-6-5-12(14(19)7-13)10-22(9-11-3-2-4-11)17(23)15-8-16(18)21-20-15;17-15-7-14(19-20-15)16(23)21(8-10-2-1-3-10)9-11-4-5-12(22)6-13(11)18;1-11(2)15(12(3)4)18(16-9-5-7-13)17-10-6-8-14;;/h6-7,12-13,16H,1-5,10-11,14-15H2,(H,27,28);5-8,11H,2-4,9-10H2,1H3,(H,20,21)(H,24,25);4-7,10,22H,1-3,8-9H2,(H,19,20);11-12H,5-6,9-10H2,1-4H3;1H4;1H2. The number of rotatable bonds is 34. The summed E-state index contributed by atoms with van der Waals surface area (Å²) in [5.74, 6) is -1.98. The van der Waals surface area contributed by atoms with Crippen LogP contribution >= 0.6 is 58.7 Å². The van der Waals surface area contributed by atoms with Crippen LogP contribution in [0.4, 0.5) is 13.2 Å². The first kappa shape index (κ1) is 89.7. The third-order valence-electron chi connectivity index (χ3n) is 15.9. The molecule has 3 aromatic carbocycles. The van der Waals surface area contributed by atoms with Gasteiger partial charge in [-0.05, 0) is 102 Å². The molecule has 105 heavy (non-hydrogen) atoms. The van der Waals surface area contributed by atoms with Gasteiger partial charge in [0.05, 0.1) is 76.4 Å². The minimum atomic E-state index is -4.19. The minimum absolute atomic E-state index is 0. The number of benzene rings is 3. The van der Waals surface area contributed by atoms with Gasteiger partial charge in [-0.25, -0.2) is 27.0 Å². The third kappa shape index (κ3) is 30.3. The van der Waals surface area contributed by atoms with Gasteiger partial charge in [-0.15, -0.1) is 0 Å². The Morgan fingerprint density at radius 1 is 0.562 bits per heavy atom. The first-order valence-corrected chi connectivity index (χ1v) is 38.8. The van der Waals surface area contributed by atoms with Crippen molar-refractivity contribution in [2.75, 3.05) is 52.7 Å². The summed E-state index contributed by atoms with van der Waals surface area (Å²) >= 11 is 17.4. The second-order valence-electron chi connectivity index (χ2n) is 24.7. The van der Waals surface area contributed by atoms with Gasteiger partial charge >= 0.3 is 15.4 Å². The summed E-state index contributed by atoms with van der Waals surface area (Å²) in [4.78, 5) is 52.3. The molecule has 9 rings (SSSR count). The summed E-state index contributed by atoms with van der Waals surface area (Å²) in [5, 5.41) is 63.7. The van der Waals surface area contributed by atoms with Crippen LogP contribution in [0.3, 0.4) is 0 Å². The number of phosphoric acid groups is 1. The molecule has 1 unspecified atom stereocenters. The zero-order chi connectivity index (χ0) is 75.2. The van der Waals surface area contributed by atoms with Gasteiger partial charge in [-0.3, -0.25) is 38.7 Å². The van der Waals surface area contributed by atoms with E-state index in [2.05, 4.69) is 63.0 Å². The van der Waals surface area contributed by atoms with Gasteiger partial charge in [0.15, 0.2) is 17.1 Å². The fourth-order valence-corrected chi connectivity index (χ4v) is 14.1. The van der Waals surface area contributed by atoms with Crippen molar-refractivity contribution in [2.45, 2.75) is 150 Å². The number of carbonyl (C=O) groups is 3. The Labute approximate surface area is 625 Å². The maximum Gasteiger partial charge on any atom is 0.530 e. The summed E-state index contributed by atoms with van der Waals surface area (Å²) in [6.45, 7) is 11.3. The predicted octanol–water partition coefficient (Wildman–Crippen LogP) is 15.2. The summed E-state index contributed by atoms with van der Waals surface area (Å²) in [7, 11) is -9.16. The van der Waals surface area contributed by atoms with Crippen LogP contribution in [0, 0.1) is 80.5 Å². The molecule has 0 aliphatic heterocycles. The number of aromatic amines is 3. The van der Waals surface area contributed by atoms with Crippen LogP contribution in [0.15, 0.2) is 72.8 Å². The monoisotopic (exact) mass is 1580 g/mol. The fraction of sp³-hybridized carbons (Fsp3) is 0.500. The number of aromatic nitrogens is 6. The molecule has 3 heterocycles.